The van der Waals surface area contributed by atoms with E-state index in [1.165, 1.54) is 0 Å². The van der Waals surface area contributed by atoms with E-state index in [9.17, 15) is 8.94 Å². The molecule has 1 aliphatic carbocycles. The lowest BCUT2D eigenvalue weighted by atomic mass is 9.75. The Hall–Kier alpha value is 0.160. The second kappa shape index (κ2) is 5.27. The fourth-order valence-electron chi connectivity index (χ4n) is 3.13. The lowest BCUT2D eigenvalue weighted by molar-refractivity contribution is 0.164. The summed E-state index contributed by atoms with van der Waals surface area (Å²) in [5, 5.41) is 3.33. The second-order valence-corrected chi connectivity index (χ2v) is 8.70. The van der Waals surface area contributed by atoms with Crippen LogP contribution in [0.4, 0.5) is 4.39 Å². The van der Waals surface area contributed by atoms with Crippen LogP contribution in [0.15, 0.2) is 0 Å². The van der Waals surface area contributed by atoms with E-state index < -0.39 is 17.5 Å². The third-order valence-electron chi connectivity index (χ3n) is 4.26. The summed E-state index contributed by atoms with van der Waals surface area (Å²) in [7, 11) is 0. The second-order valence-electron chi connectivity index (χ2n) is 6.70. The van der Waals surface area contributed by atoms with Crippen LogP contribution in [0.25, 0.3) is 0 Å². The van der Waals surface area contributed by atoms with Crippen LogP contribution in [0.5, 0.6) is 0 Å². The maximum atomic E-state index is 13.8. The van der Waals surface area contributed by atoms with E-state index in [-0.39, 0.29) is 16.2 Å². The molecule has 5 heteroatoms. The average Bonchev–Trinajstić information content (AvgIpc) is 2.54. The molecule has 0 aromatic rings. The quantitative estimate of drug-likeness (QED) is 0.757. The molecule has 0 aromatic carbocycles. The van der Waals surface area contributed by atoms with Crippen molar-refractivity contribution in [2.24, 2.45) is 5.41 Å². The van der Waals surface area contributed by atoms with Gasteiger partial charge in [0.15, 0.2) is 0 Å². The molecule has 1 saturated carbocycles. The van der Waals surface area contributed by atoms with E-state index in [1.54, 1.807) is 0 Å². The molecule has 0 aromatic heterocycles. The maximum Gasteiger partial charge on any atom is 0.136 e. The molecule has 106 valence electrons. The van der Waals surface area contributed by atoms with Gasteiger partial charge in [0, 0.05) is 11.4 Å². The van der Waals surface area contributed by atoms with Crippen LogP contribution in [0.1, 0.15) is 46.5 Å². The lowest BCUT2D eigenvalue weighted by Gasteiger charge is -2.40. The molecule has 1 spiro atoms. The van der Waals surface area contributed by atoms with E-state index in [1.807, 2.05) is 20.8 Å². The summed E-state index contributed by atoms with van der Waals surface area (Å²) in [6, 6.07) is 0.0645. The van der Waals surface area contributed by atoms with Gasteiger partial charge in [-0.05, 0) is 65.0 Å². The first-order chi connectivity index (χ1) is 8.33. The average molecular weight is 276 g/mol. The van der Waals surface area contributed by atoms with E-state index in [4.69, 9.17) is 0 Å². The normalized spacial score (nSPS) is 33.8. The van der Waals surface area contributed by atoms with E-state index in [2.05, 4.69) is 10.0 Å². The topological polar surface area (TPSA) is 47.1 Å². The van der Waals surface area contributed by atoms with Crippen molar-refractivity contribution in [2.45, 2.75) is 63.4 Å². The smallest absolute Gasteiger partial charge is 0.136 e. The zero-order valence-corrected chi connectivity index (χ0v) is 12.4. The predicted molar refractivity (Wildman–Crippen MR) is 73.5 cm³/mol. The van der Waals surface area contributed by atoms with Crippen LogP contribution in [0, 0.1) is 5.41 Å². The standard InChI is InChI=1S/C13H25FN2OS/c1-12(2,3)18(17)16-11-8-10(14)9-13(11)4-6-15-7-5-13/h10-11,15-16H,4-9H2,1-3H3/t10-,11+,18+/m0/s1. The first-order valence-electron chi connectivity index (χ1n) is 6.86. The molecule has 0 amide bonds. The molecule has 0 radical (unpaired) electrons. The fraction of sp³-hybridized carbons (Fsp3) is 1.00. The molecule has 2 N–H and O–H groups in total. The van der Waals surface area contributed by atoms with Gasteiger partial charge in [-0.1, -0.05) is 0 Å². The van der Waals surface area contributed by atoms with Gasteiger partial charge in [-0.15, -0.1) is 4.72 Å². The van der Waals surface area contributed by atoms with Crippen molar-refractivity contribution in [2.75, 3.05) is 13.1 Å². The summed E-state index contributed by atoms with van der Waals surface area (Å²) >= 11 is -1.11. The molecule has 0 bridgehead atoms. The highest BCUT2D eigenvalue weighted by Gasteiger charge is 2.50. The Morgan fingerprint density at radius 2 is 1.94 bits per heavy atom. The molecule has 18 heavy (non-hydrogen) atoms. The zero-order valence-electron chi connectivity index (χ0n) is 11.6. The minimum atomic E-state index is -1.11. The third kappa shape index (κ3) is 3.00. The van der Waals surface area contributed by atoms with Gasteiger partial charge in [0.05, 0.1) is 6.04 Å². The van der Waals surface area contributed by atoms with Crippen LogP contribution in [0.2, 0.25) is 0 Å². The number of halogens is 1. The highest BCUT2D eigenvalue weighted by Crippen LogP contribution is 2.46. The summed E-state index contributed by atoms with van der Waals surface area (Å²) in [6.45, 7) is 7.76. The van der Waals surface area contributed by atoms with Gasteiger partial charge in [0.2, 0.25) is 0 Å². The van der Waals surface area contributed by atoms with Crippen molar-refractivity contribution in [1.82, 2.24) is 10.0 Å². The van der Waals surface area contributed by atoms with Crippen molar-refractivity contribution >= 4 is 11.4 Å². The molecular formula is C13H25FN2OS. The Balaban J connectivity index is 2.05. The summed E-state index contributed by atoms with van der Waals surface area (Å²) < 4.78 is 28.9. The van der Waals surface area contributed by atoms with E-state index in [0.717, 1.165) is 25.9 Å². The summed E-state index contributed by atoms with van der Waals surface area (Å²) in [6.07, 6.45) is 2.39. The first kappa shape index (κ1) is 14.6. The molecule has 1 saturated heterocycles. The molecule has 1 heterocycles. The Kier molecular flexibility index (Phi) is 4.26. The lowest BCUT2D eigenvalue weighted by Crippen LogP contribution is -2.52. The molecular weight excluding hydrogens is 251 g/mol. The largest absolute Gasteiger partial charge is 0.598 e. The highest BCUT2D eigenvalue weighted by atomic mass is 32.2. The maximum absolute atomic E-state index is 13.8. The number of nitrogens with one attached hydrogen (secondary N) is 2. The van der Waals surface area contributed by atoms with Crippen molar-refractivity contribution < 1.29 is 8.94 Å². The van der Waals surface area contributed by atoms with Gasteiger partial charge >= 0.3 is 0 Å². The van der Waals surface area contributed by atoms with Crippen molar-refractivity contribution in [3.8, 4) is 0 Å². The van der Waals surface area contributed by atoms with Gasteiger partial charge in [0.1, 0.15) is 10.9 Å². The Labute approximate surface area is 113 Å². The van der Waals surface area contributed by atoms with Gasteiger partial charge in [-0.25, -0.2) is 4.39 Å². The van der Waals surface area contributed by atoms with E-state index in [0.29, 0.717) is 12.8 Å². The molecule has 2 aliphatic rings. The van der Waals surface area contributed by atoms with Gasteiger partial charge in [0.25, 0.3) is 0 Å². The van der Waals surface area contributed by atoms with Gasteiger partial charge < -0.3 is 9.87 Å². The number of hydrogen-bond acceptors (Lipinski definition) is 3. The molecule has 3 nitrogen and oxygen atoms in total. The third-order valence-corrected chi connectivity index (χ3v) is 5.87. The van der Waals surface area contributed by atoms with Crippen LogP contribution in [-0.4, -0.2) is 34.6 Å². The monoisotopic (exact) mass is 276 g/mol. The predicted octanol–water partition coefficient (Wildman–Crippen LogP) is 1.91. The Morgan fingerprint density at radius 3 is 2.50 bits per heavy atom. The highest BCUT2D eigenvalue weighted by molar-refractivity contribution is 7.90. The van der Waals surface area contributed by atoms with Crippen LogP contribution >= 0.6 is 0 Å². The molecule has 2 rings (SSSR count). The van der Waals surface area contributed by atoms with Crippen molar-refractivity contribution in [3.63, 3.8) is 0 Å². The summed E-state index contributed by atoms with van der Waals surface area (Å²) in [4.78, 5) is 0. The number of piperidine rings is 1. The van der Waals surface area contributed by atoms with E-state index >= 15 is 0 Å². The number of alkyl halides is 1. The summed E-state index contributed by atoms with van der Waals surface area (Å²) in [5.41, 5.74) is 0.0194. The van der Waals surface area contributed by atoms with Crippen molar-refractivity contribution in [1.29, 1.82) is 0 Å². The van der Waals surface area contributed by atoms with Gasteiger partial charge in [-0.3, -0.25) is 0 Å². The molecule has 3 atom stereocenters. The molecule has 0 unspecified atom stereocenters. The molecule has 1 aliphatic heterocycles. The van der Waals surface area contributed by atoms with Crippen LogP contribution < -0.4 is 10.0 Å². The molecule has 2 fully saturated rings. The van der Waals surface area contributed by atoms with Crippen molar-refractivity contribution in [3.05, 3.63) is 0 Å². The van der Waals surface area contributed by atoms with Gasteiger partial charge in [-0.2, -0.15) is 0 Å². The van der Waals surface area contributed by atoms with Crippen LogP contribution in [0.3, 0.4) is 0 Å². The Bertz CT molecular complexity index is 289. The number of hydrogen-bond donors (Lipinski definition) is 2. The number of rotatable bonds is 2. The Morgan fingerprint density at radius 1 is 1.33 bits per heavy atom. The minimum Gasteiger partial charge on any atom is -0.598 e. The first-order valence-corrected chi connectivity index (χ1v) is 8.01. The fourth-order valence-corrected chi connectivity index (χ4v) is 4.09. The SMILES string of the molecule is CC(C)(C)[S@@+]([O-])N[C@@H]1C[C@H](F)CC12CCNCC2. The van der Waals surface area contributed by atoms with Crippen LogP contribution in [-0.2, 0) is 11.4 Å². The summed E-state index contributed by atoms with van der Waals surface area (Å²) in [5.74, 6) is 0. The minimum absolute atomic E-state index is 0.0194. The zero-order chi connectivity index (χ0) is 13.4.